The molecule has 1 atom stereocenters. The number of aromatic nitrogens is 1. The number of aryl methyl sites for hydroxylation is 1. The highest BCUT2D eigenvalue weighted by Crippen LogP contribution is 2.32. The number of carbonyl (C=O) groups is 1. The van der Waals surface area contributed by atoms with Crippen LogP contribution in [-0.2, 0) is 0 Å². The number of nitrogens with one attached hydrogen (secondary N) is 1. The zero-order chi connectivity index (χ0) is 14.9. The van der Waals surface area contributed by atoms with Gasteiger partial charge in [-0.1, -0.05) is 11.6 Å². The van der Waals surface area contributed by atoms with Crippen molar-refractivity contribution in [3.63, 3.8) is 0 Å². The van der Waals surface area contributed by atoms with Gasteiger partial charge in [0, 0.05) is 16.8 Å². The van der Waals surface area contributed by atoms with Crippen LogP contribution in [0.15, 0.2) is 17.5 Å². The molecule has 2 aromatic rings. The van der Waals surface area contributed by atoms with E-state index in [4.69, 9.17) is 17.3 Å². The predicted octanol–water partition coefficient (Wildman–Crippen LogP) is 3.56. The van der Waals surface area contributed by atoms with Gasteiger partial charge in [0.1, 0.15) is 5.01 Å². The summed E-state index contributed by atoms with van der Waals surface area (Å²) < 4.78 is 0. The number of nitrogen functional groups attached to an aromatic ring is 1. The summed E-state index contributed by atoms with van der Waals surface area (Å²) in [6.07, 6.45) is 0. The van der Waals surface area contributed by atoms with E-state index >= 15 is 0 Å². The van der Waals surface area contributed by atoms with E-state index in [2.05, 4.69) is 10.3 Å². The monoisotopic (exact) mass is 311 g/mol. The van der Waals surface area contributed by atoms with E-state index in [-0.39, 0.29) is 16.6 Å². The molecular weight excluding hydrogens is 298 g/mol. The van der Waals surface area contributed by atoms with Crippen molar-refractivity contribution in [3.05, 3.63) is 38.8 Å². The maximum Gasteiger partial charge on any atom is 0.337 e. The molecule has 0 fully saturated rings. The molecule has 4 N–H and O–H groups in total. The number of nitrogens with two attached hydrogens (primary N) is 1. The Morgan fingerprint density at radius 2 is 2.25 bits per heavy atom. The van der Waals surface area contributed by atoms with E-state index in [0.717, 1.165) is 10.7 Å². The second kappa shape index (κ2) is 5.68. The Hall–Kier alpha value is -1.79. The van der Waals surface area contributed by atoms with Crippen molar-refractivity contribution in [1.82, 2.24) is 4.98 Å². The fraction of sp³-hybridized carbons (Fsp3) is 0.231. The maximum atomic E-state index is 11.3. The third kappa shape index (κ3) is 3.02. The highest BCUT2D eigenvalue weighted by Gasteiger charge is 2.18. The van der Waals surface area contributed by atoms with Crippen molar-refractivity contribution >= 4 is 40.3 Å². The number of nitrogens with zero attached hydrogens (tertiary/aromatic N) is 1. The molecule has 0 saturated carbocycles. The van der Waals surface area contributed by atoms with Crippen LogP contribution in [-0.4, -0.2) is 16.1 Å². The van der Waals surface area contributed by atoms with Gasteiger partial charge in [-0.3, -0.25) is 0 Å². The molecule has 7 heteroatoms. The average Bonchev–Trinajstić information content (AvgIpc) is 2.78. The smallest absolute Gasteiger partial charge is 0.337 e. The molecule has 0 saturated heterocycles. The number of aromatic carboxylic acids is 1. The lowest BCUT2D eigenvalue weighted by atomic mass is 10.1. The Balaban J connectivity index is 2.35. The Bertz CT molecular complexity index is 657. The number of benzene rings is 1. The lowest BCUT2D eigenvalue weighted by molar-refractivity contribution is 0.0698. The molecule has 0 amide bonds. The number of carboxylic acids is 1. The molecule has 1 unspecified atom stereocenters. The van der Waals surface area contributed by atoms with Crippen LogP contribution in [0.4, 0.5) is 11.4 Å². The molecule has 106 valence electrons. The van der Waals surface area contributed by atoms with Crippen molar-refractivity contribution in [1.29, 1.82) is 0 Å². The molecular formula is C13H14ClN3O2S. The highest BCUT2D eigenvalue weighted by molar-refractivity contribution is 7.09. The largest absolute Gasteiger partial charge is 0.478 e. The standard InChI is InChI=1S/C13H14ClN3O2S/c1-6-5-20-12(16-6)7(2)17-11-9(13(18)19)3-8(15)4-10(11)14/h3-5,7,17H,15H2,1-2H3,(H,18,19). The van der Waals surface area contributed by atoms with E-state index in [1.54, 1.807) is 0 Å². The Labute approximate surface area is 125 Å². The molecule has 1 aromatic carbocycles. The Morgan fingerprint density at radius 1 is 1.55 bits per heavy atom. The van der Waals surface area contributed by atoms with Crippen molar-refractivity contribution < 1.29 is 9.90 Å². The SMILES string of the molecule is Cc1csc(C(C)Nc2c(Cl)cc(N)cc2C(=O)O)n1. The van der Waals surface area contributed by atoms with Gasteiger partial charge in [-0.05, 0) is 26.0 Å². The number of rotatable bonds is 4. The van der Waals surface area contributed by atoms with Gasteiger partial charge in [-0.15, -0.1) is 11.3 Å². The van der Waals surface area contributed by atoms with Gasteiger partial charge in [0.05, 0.1) is 22.3 Å². The molecule has 1 heterocycles. The number of anilines is 2. The molecule has 20 heavy (non-hydrogen) atoms. The zero-order valence-electron chi connectivity index (χ0n) is 11.0. The minimum absolute atomic E-state index is 0.0510. The second-order valence-electron chi connectivity index (χ2n) is 4.42. The summed E-state index contributed by atoms with van der Waals surface area (Å²) in [4.78, 5) is 15.7. The summed E-state index contributed by atoms with van der Waals surface area (Å²) in [6.45, 7) is 3.81. The minimum atomic E-state index is -1.08. The Kier molecular flexibility index (Phi) is 4.15. The van der Waals surface area contributed by atoms with Crippen LogP contribution in [0, 0.1) is 6.92 Å². The first kappa shape index (κ1) is 14.6. The van der Waals surface area contributed by atoms with Gasteiger partial charge in [-0.25, -0.2) is 9.78 Å². The first-order chi connectivity index (χ1) is 9.38. The van der Waals surface area contributed by atoms with Crippen molar-refractivity contribution in [2.75, 3.05) is 11.1 Å². The topological polar surface area (TPSA) is 88.2 Å². The molecule has 2 rings (SSSR count). The average molecular weight is 312 g/mol. The molecule has 0 radical (unpaired) electrons. The lowest BCUT2D eigenvalue weighted by Crippen LogP contribution is -2.11. The molecule has 0 aliphatic heterocycles. The van der Waals surface area contributed by atoms with Crippen molar-refractivity contribution in [2.24, 2.45) is 0 Å². The quantitative estimate of drug-likeness (QED) is 0.751. The number of thiazole rings is 1. The summed E-state index contributed by atoms with van der Waals surface area (Å²) in [7, 11) is 0. The first-order valence-corrected chi connectivity index (χ1v) is 7.15. The zero-order valence-corrected chi connectivity index (χ0v) is 12.5. The number of halogens is 1. The predicted molar refractivity (Wildman–Crippen MR) is 81.7 cm³/mol. The highest BCUT2D eigenvalue weighted by atomic mass is 35.5. The summed E-state index contributed by atoms with van der Waals surface area (Å²) in [5.41, 5.74) is 7.28. The Morgan fingerprint density at radius 3 is 2.80 bits per heavy atom. The number of hydrogen-bond donors (Lipinski definition) is 3. The number of hydrogen-bond acceptors (Lipinski definition) is 5. The van der Waals surface area contributed by atoms with E-state index in [1.807, 2.05) is 19.2 Å². The third-order valence-corrected chi connectivity index (χ3v) is 4.15. The molecule has 0 spiro atoms. The van der Waals surface area contributed by atoms with E-state index in [1.165, 1.54) is 23.5 Å². The van der Waals surface area contributed by atoms with Crippen LogP contribution in [0.2, 0.25) is 5.02 Å². The van der Waals surface area contributed by atoms with Crippen molar-refractivity contribution in [3.8, 4) is 0 Å². The lowest BCUT2D eigenvalue weighted by Gasteiger charge is -2.17. The first-order valence-electron chi connectivity index (χ1n) is 5.89. The molecule has 0 aliphatic carbocycles. The van der Waals surface area contributed by atoms with Crippen LogP contribution in [0.25, 0.3) is 0 Å². The van der Waals surface area contributed by atoms with Crippen LogP contribution in [0.3, 0.4) is 0 Å². The van der Waals surface area contributed by atoms with Gasteiger partial charge < -0.3 is 16.2 Å². The summed E-state index contributed by atoms with van der Waals surface area (Å²) in [6, 6.07) is 2.76. The normalized spacial score (nSPS) is 12.2. The van der Waals surface area contributed by atoms with E-state index in [9.17, 15) is 9.90 Å². The summed E-state index contributed by atoms with van der Waals surface area (Å²) in [5, 5.41) is 15.4. The van der Waals surface area contributed by atoms with Gasteiger partial charge in [0.15, 0.2) is 0 Å². The second-order valence-corrected chi connectivity index (χ2v) is 5.72. The summed E-state index contributed by atoms with van der Waals surface area (Å²) in [5.74, 6) is -1.08. The minimum Gasteiger partial charge on any atom is -0.478 e. The molecule has 1 aromatic heterocycles. The van der Waals surface area contributed by atoms with E-state index in [0.29, 0.717) is 11.4 Å². The third-order valence-electron chi connectivity index (χ3n) is 2.71. The van der Waals surface area contributed by atoms with Gasteiger partial charge in [-0.2, -0.15) is 0 Å². The molecule has 5 nitrogen and oxygen atoms in total. The van der Waals surface area contributed by atoms with Gasteiger partial charge >= 0.3 is 5.97 Å². The van der Waals surface area contributed by atoms with Crippen LogP contribution in [0.1, 0.15) is 34.0 Å². The fourth-order valence-electron chi connectivity index (χ4n) is 1.79. The van der Waals surface area contributed by atoms with Crippen molar-refractivity contribution in [2.45, 2.75) is 19.9 Å². The summed E-state index contributed by atoms with van der Waals surface area (Å²) >= 11 is 7.60. The number of carboxylic acid groups (broad SMARTS) is 1. The van der Waals surface area contributed by atoms with Crippen LogP contribution in [0.5, 0.6) is 0 Å². The van der Waals surface area contributed by atoms with Gasteiger partial charge in [0.25, 0.3) is 0 Å². The van der Waals surface area contributed by atoms with Gasteiger partial charge in [0.2, 0.25) is 0 Å². The molecule has 0 aliphatic rings. The van der Waals surface area contributed by atoms with Crippen LogP contribution < -0.4 is 11.1 Å². The van der Waals surface area contributed by atoms with Crippen LogP contribution >= 0.6 is 22.9 Å². The van der Waals surface area contributed by atoms with E-state index < -0.39 is 5.97 Å². The molecule has 0 bridgehead atoms. The maximum absolute atomic E-state index is 11.3. The fourth-order valence-corrected chi connectivity index (χ4v) is 2.88.